The maximum absolute atomic E-state index is 13.5. The predicted octanol–water partition coefficient (Wildman–Crippen LogP) is 5.92. The third kappa shape index (κ3) is 7.27. The molecule has 6 aliphatic rings. The van der Waals surface area contributed by atoms with Crippen LogP contribution < -0.4 is 10.2 Å². The SMILES string of the molecule is N#Cc1ccc(N2CCC3(CCN(C(=O)c4ccc(C#CC5CCC(CN6Cc7cc8c(cc7C6)C(=O)N(C6CCC(=O)NC6=O)C8=O)CC5)cc4)CC3)C2)cc1Cl. The van der Waals surface area contributed by atoms with Crippen molar-refractivity contribution in [2.75, 3.05) is 37.6 Å². The van der Waals surface area contributed by atoms with Gasteiger partial charge in [-0.2, -0.15) is 5.26 Å². The van der Waals surface area contributed by atoms with Crippen LogP contribution in [0, 0.1) is 40.4 Å². The molecule has 1 N–H and O–H groups in total. The maximum atomic E-state index is 13.5. The van der Waals surface area contributed by atoms with Gasteiger partial charge in [0, 0.05) is 75.0 Å². The van der Waals surface area contributed by atoms with Gasteiger partial charge in [-0.15, -0.1) is 0 Å². The number of hydrogen-bond donors (Lipinski definition) is 1. The van der Waals surface area contributed by atoms with Crippen molar-refractivity contribution in [3.63, 3.8) is 0 Å². The molecule has 3 saturated heterocycles. The Morgan fingerprint density at radius 3 is 2.16 bits per heavy atom. The smallest absolute Gasteiger partial charge is 0.262 e. The third-order valence-electron chi connectivity index (χ3n) is 13.5. The first-order valence-electron chi connectivity index (χ1n) is 20.5. The Bertz CT molecular complexity index is 2280. The summed E-state index contributed by atoms with van der Waals surface area (Å²) in [6, 6.07) is 18.2. The van der Waals surface area contributed by atoms with Gasteiger partial charge in [-0.05, 0) is 128 Å². The summed E-state index contributed by atoms with van der Waals surface area (Å²) in [5.41, 5.74) is 6.13. The van der Waals surface area contributed by atoms with Gasteiger partial charge < -0.3 is 9.80 Å². The second kappa shape index (κ2) is 15.4. The molecule has 1 spiro atoms. The minimum atomic E-state index is -0.957. The van der Waals surface area contributed by atoms with E-state index in [0.29, 0.717) is 39.1 Å². The molecule has 1 unspecified atom stereocenters. The van der Waals surface area contributed by atoms with E-state index < -0.39 is 23.8 Å². The monoisotopic (exact) mass is 796 g/mol. The average Bonchev–Trinajstić information content (AvgIpc) is 3.90. The molecule has 0 aromatic heterocycles. The first-order chi connectivity index (χ1) is 28.1. The predicted molar refractivity (Wildman–Crippen MR) is 217 cm³/mol. The number of rotatable bonds is 5. The van der Waals surface area contributed by atoms with Gasteiger partial charge >= 0.3 is 0 Å². The molecular weight excluding hydrogens is 752 g/mol. The van der Waals surface area contributed by atoms with Gasteiger partial charge in [0.1, 0.15) is 12.1 Å². The third-order valence-corrected chi connectivity index (χ3v) is 13.8. The van der Waals surface area contributed by atoms with E-state index in [1.807, 2.05) is 53.4 Å². The molecule has 296 valence electrons. The molecule has 5 aliphatic heterocycles. The van der Waals surface area contributed by atoms with Crippen molar-refractivity contribution in [3.8, 4) is 17.9 Å². The number of nitrogens with zero attached hydrogens (tertiary/aromatic N) is 5. The van der Waals surface area contributed by atoms with E-state index in [1.54, 1.807) is 6.07 Å². The van der Waals surface area contributed by atoms with Gasteiger partial charge in [-0.25, -0.2) is 0 Å². The summed E-state index contributed by atoms with van der Waals surface area (Å²) in [6.45, 7) is 5.75. The Kier molecular flexibility index (Phi) is 10.1. The number of carbonyl (C=O) groups is 5. The van der Waals surface area contributed by atoms with Crippen LogP contribution in [0.3, 0.4) is 0 Å². The van der Waals surface area contributed by atoms with Crippen molar-refractivity contribution in [3.05, 3.63) is 98.6 Å². The lowest BCUT2D eigenvalue weighted by atomic mass is 9.77. The van der Waals surface area contributed by atoms with Gasteiger partial charge in [0.25, 0.3) is 17.7 Å². The molecule has 5 amide bonds. The molecule has 1 saturated carbocycles. The summed E-state index contributed by atoms with van der Waals surface area (Å²) in [4.78, 5) is 71.9. The number of amides is 5. The molecule has 0 radical (unpaired) electrons. The van der Waals surface area contributed by atoms with Crippen LogP contribution in [0.1, 0.15) is 111 Å². The number of carbonyl (C=O) groups excluding carboxylic acids is 5. The Morgan fingerprint density at radius 2 is 1.52 bits per heavy atom. The van der Waals surface area contributed by atoms with Crippen LogP contribution >= 0.6 is 11.6 Å². The van der Waals surface area contributed by atoms with Gasteiger partial charge in [0.2, 0.25) is 11.8 Å². The molecule has 5 heterocycles. The lowest BCUT2D eigenvalue weighted by Crippen LogP contribution is -2.54. The summed E-state index contributed by atoms with van der Waals surface area (Å²) < 4.78 is 0. The van der Waals surface area contributed by atoms with Crippen LogP contribution in [0.5, 0.6) is 0 Å². The molecule has 12 heteroatoms. The Balaban J connectivity index is 0.724. The minimum absolute atomic E-state index is 0.0741. The fraction of sp³-hybridized carbons (Fsp3) is 0.435. The Labute approximate surface area is 343 Å². The van der Waals surface area contributed by atoms with Crippen LogP contribution in [-0.4, -0.2) is 83.0 Å². The molecule has 1 aliphatic carbocycles. The van der Waals surface area contributed by atoms with E-state index in [2.05, 4.69) is 33.0 Å². The standard InChI is InChI=1S/C46H45ClN6O5/c47-39-23-36(12-11-33(39)24-48)52-20-17-46(28-52)15-18-51(19-16-46)43(56)32-9-7-30(8-10-32)2-1-29-3-5-31(6-4-29)25-50-26-34-21-37-38(22-35(34)27-50)45(58)53(44(37)57)40-13-14-41(54)49-42(40)55/h7-12,21-23,29,31,40H,3-6,13-20,25-28H2,(H,49,54,55). The van der Waals surface area contributed by atoms with E-state index in [1.165, 1.54) is 0 Å². The van der Waals surface area contributed by atoms with Gasteiger partial charge in [-0.3, -0.25) is 39.1 Å². The zero-order chi connectivity index (χ0) is 40.1. The quantitative estimate of drug-likeness (QED) is 0.249. The molecule has 58 heavy (non-hydrogen) atoms. The van der Waals surface area contributed by atoms with Gasteiger partial charge in [0.15, 0.2) is 0 Å². The van der Waals surface area contributed by atoms with Crippen molar-refractivity contribution in [1.29, 1.82) is 5.26 Å². The van der Waals surface area contributed by atoms with E-state index in [-0.39, 0.29) is 30.1 Å². The van der Waals surface area contributed by atoms with E-state index in [4.69, 9.17) is 11.6 Å². The summed E-state index contributed by atoms with van der Waals surface area (Å²) in [6.07, 6.45) is 7.53. The number of piperidine rings is 2. The molecular formula is C46H45ClN6O5. The average molecular weight is 797 g/mol. The number of benzene rings is 3. The lowest BCUT2D eigenvalue weighted by molar-refractivity contribution is -0.136. The van der Waals surface area contributed by atoms with E-state index in [0.717, 1.165) is 118 Å². The lowest BCUT2D eigenvalue weighted by Gasteiger charge is -2.39. The summed E-state index contributed by atoms with van der Waals surface area (Å²) in [5, 5.41) is 12.0. The highest BCUT2D eigenvalue weighted by Gasteiger charge is 2.46. The highest BCUT2D eigenvalue weighted by atomic mass is 35.5. The largest absolute Gasteiger partial charge is 0.371 e. The number of likely N-dealkylation sites (tertiary alicyclic amines) is 1. The van der Waals surface area contributed by atoms with Crippen LogP contribution in [0.2, 0.25) is 5.02 Å². The molecule has 4 fully saturated rings. The Morgan fingerprint density at radius 1 is 0.845 bits per heavy atom. The normalized spacial score (nSPS) is 24.0. The van der Waals surface area contributed by atoms with Crippen LogP contribution in [0.25, 0.3) is 0 Å². The summed E-state index contributed by atoms with van der Waals surface area (Å²) in [7, 11) is 0. The van der Waals surface area contributed by atoms with E-state index >= 15 is 0 Å². The highest BCUT2D eigenvalue weighted by Crippen LogP contribution is 2.43. The number of fused-ring (bicyclic) bond motifs is 2. The first-order valence-corrected chi connectivity index (χ1v) is 20.9. The number of anilines is 1. The van der Waals surface area contributed by atoms with Crippen molar-refractivity contribution in [1.82, 2.24) is 20.0 Å². The van der Waals surface area contributed by atoms with Crippen molar-refractivity contribution in [2.45, 2.75) is 76.9 Å². The number of halogens is 1. The second-order valence-electron chi connectivity index (χ2n) is 17.1. The van der Waals surface area contributed by atoms with Gasteiger partial charge in [0.05, 0.1) is 21.7 Å². The van der Waals surface area contributed by atoms with Crippen LogP contribution in [-0.2, 0) is 22.7 Å². The molecule has 1 atom stereocenters. The summed E-state index contributed by atoms with van der Waals surface area (Å²) in [5.74, 6) is 5.93. The first kappa shape index (κ1) is 38.1. The van der Waals surface area contributed by atoms with Crippen molar-refractivity contribution >= 4 is 46.8 Å². The number of nitrogens with one attached hydrogen (secondary N) is 1. The zero-order valence-electron chi connectivity index (χ0n) is 32.4. The molecule has 11 nitrogen and oxygen atoms in total. The zero-order valence-corrected chi connectivity index (χ0v) is 33.2. The molecule has 3 aromatic rings. The fourth-order valence-electron chi connectivity index (χ4n) is 10.0. The number of nitriles is 1. The minimum Gasteiger partial charge on any atom is -0.371 e. The second-order valence-corrected chi connectivity index (χ2v) is 17.5. The number of hydrogen-bond acceptors (Lipinski definition) is 8. The molecule has 9 rings (SSSR count). The maximum Gasteiger partial charge on any atom is 0.262 e. The fourth-order valence-corrected chi connectivity index (χ4v) is 10.2. The topological polar surface area (TPSA) is 134 Å². The van der Waals surface area contributed by atoms with E-state index in [9.17, 15) is 29.2 Å². The van der Waals surface area contributed by atoms with Crippen LogP contribution in [0.4, 0.5) is 5.69 Å². The molecule has 3 aromatic carbocycles. The summed E-state index contributed by atoms with van der Waals surface area (Å²) >= 11 is 6.31. The Hall–Kier alpha value is -5.49. The van der Waals surface area contributed by atoms with Crippen LogP contribution in [0.15, 0.2) is 54.6 Å². The van der Waals surface area contributed by atoms with Crippen molar-refractivity contribution in [2.24, 2.45) is 17.3 Å². The van der Waals surface area contributed by atoms with Gasteiger partial charge in [-0.1, -0.05) is 23.4 Å². The van der Waals surface area contributed by atoms with Crippen molar-refractivity contribution < 1.29 is 24.0 Å². The number of imide groups is 2. The molecule has 0 bridgehead atoms. The highest BCUT2D eigenvalue weighted by molar-refractivity contribution is 6.32.